The van der Waals surface area contributed by atoms with E-state index in [2.05, 4.69) is 0 Å². The lowest BCUT2D eigenvalue weighted by Crippen LogP contribution is -2.29. The van der Waals surface area contributed by atoms with E-state index in [4.69, 9.17) is 5.73 Å². The van der Waals surface area contributed by atoms with Crippen molar-refractivity contribution >= 4 is 0 Å². The van der Waals surface area contributed by atoms with E-state index in [1.807, 2.05) is 60.7 Å². The van der Waals surface area contributed by atoms with E-state index in [0.29, 0.717) is 17.9 Å². The highest BCUT2D eigenvalue weighted by Gasteiger charge is 2.18. The molecule has 0 spiro atoms. The zero-order chi connectivity index (χ0) is 19.5. The van der Waals surface area contributed by atoms with Crippen molar-refractivity contribution in [3.63, 3.8) is 0 Å². The summed E-state index contributed by atoms with van der Waals surface area (Å²) in [5.74, 6) is 0. The molecule has 0 radical (unpaired) electrons. The van der Waals surface area contributed by atoms with Gasteiger partial charge >= 0.3 is 11.4 Å². The molecule has 0 saturated heterocycles. The molecule has 0 aliphatic rings. The number of rotatable bonds is 5. The van der Waals surface area contributed by atoms with Crippen molar-refractivity contribution in [1.82, 2.24) is 13.9 Å². The highest BCUT2D eigenvalue weighted by Crippen LogP contribution is 2.10. The van der Waals surface area contributed by atoms with Crippen LogP contribution in [0.4, 0.5) is 0 Å². The molecule has 0 saturated carbocycles. The predicted molar refractivity (Wildman–Crippen MR) is 109 cm³/mol. The number of nitrogens with two attached hydrogens (primary N) is 1. The highest BCUT2D eigenvalue weighted by atomic mass is 16.2. The number of aromatic nitrogens is 3. The summed E-state index contributed by atoms with van der Waals surface area (Å²) in [6.07, 6.45) is 0. The molecule has 28 heavy (non-hydrogen) atoms. The zero-order valence-electron chi connectivity index (χ0n) is 15.2. The number of hydrogen-bond acceptors (Lipinski definition) is 3. The molecule has 6 nitrogen and oxygen atoms in total. The van der Waals surface area contributed by atoms with Crippen LogP contribution in [0.2, 0.25) is 0 Å². The van der Waals surface area contributed by atoms with Gasteiger partial charge in [-0.05, 0) is 35.4 Å². The molecule has 4 aromatic rings. The van der Waals surface area contributed by atoms with Crippen LogP contribution in [0.5, 0.6) is 0 Å². The van der Waals surface area contributed by atoms with Crippen molar-refractivity contribution in [3.8, 4) is 11.4 Å². The zero-order valence-corrected chi connectivity index (χ0v) is 15.2. The van der Waals surface area contributed by atoms with Crippen LogP contribution in [0, 0.1) is 0 Å². The molecular formula is C22H20N4O2. The van der Waals surface area contributed by atoms with Gasteiger partial charge in [0.2, 0.25) is 0 Å². The Labute approximate surface area is 161 Å². The second-order valence-electron chi connectivity index (χ2n) is 6.47. The van der Waals surface area contributed by atoms with E-state index in [1.54, 1.807) is 24.3 Å². The van der Waals surface area contributed by atoms with E-state index in [-0.39, 0.29) is 6.54 Å². The Hall–Kier alpha value is -3.64. The van der Waals surface area contributed by atoms with Gasteiger partial charge in [0.1, 0.15) is 0 Å². The lowest BCUT2D eigenvalue weighted by molar-refractivity contribution is 0.706. The standard InChI is InChI=1S/C22H20N4O2/c23-15-17-8-7-9-18(14-17)16-24-21(27)25(19-10-3-1-4-11-19)26(22(24)28)20-12-5-2-6-13-20/h1-14H,15-16,23H2. The Bertz CT molecular complexity index is 1130. The van der Waals surface area contributed by atoms with Crippen LogP contribution in [-0.2, 0) is 13.1 Å². The third-order valence-electron chi connectivity index (χ3n) is 4.59. The largest absolute Gasteiger partial charge is 0.352 e. The van der Waals surface area contributed by atoms with Crippen LogP contribution in [-0.4, -0.2) is 13.9 Å². The Morgan fingerprint density at radius 2 is 1.14 bits per heavy atom. The molecule has 0 bridgehead atoms. The molecule has 1 heterocycles. The number of benzene rings is 3. The molecule has 6 heteroatoms. The van der Waals surface area contributed by atoms with E-state index < -0.39 is 11.4 Å². The summed E-state index contributed by atoms with van der Waals surface area (Å²) in [7, 11) is 0. The monoisotopic (exact) mass is 372 g/mol. The molecule has 0 aliphatic heterocycles. The van der Waals surface area contributed by atoms with Gasteiger partial charge in [0.25, 0.3) is 0 Å². The van der Waals surface area contributed by atoms with Gasteiger partial charge < -0.3 is 5.73 Å². The van der Waals surface area contributed by atoms with Crippen LogP contribution in [0.25, 0.3) is 11.4 Å². The van der Waals surface area contributed by atoms with Crippen LogP contribution >= 0.6 is 0 Å². The molecule has 1 aromatic heterocycles. The molecule has 0 unspecified atom stereocenters. The quantitative estimate of drug-likeness (QED) is 0.584. The second-order valence-corrected chi connectivity index (χ2v) is 6.47. The van der Waals surface area contributed by atoms with Crippen LogP contribution < -0.4 is 17.1 Å². The van der Waals surface area contributed by atoms with Gasteiger partial charge in [0.05, 0.1) is 17.9 Å². The summed E-state index contributed by atoms with van der Waals surface area (Å²) < 4.78 is 4.06. The average molecular weight is 372 g/mol. The van der Waals surface area contributed by atoms with Crippen LogP contribution in [0.1, 0.15) is 11.1 Å². The Morgan fingerprint density at radius 1 is 0.643 bits per heavy atom. The molecule has 0 amide bonds. The molecule has 0 fully saturated rings. The SMILES string of the molecule is NCc1cccc(Cn2c(=O)n(-c3ccccc3)n(-c3ccccc3)c2=O)c1. The van der Waals surface area contributed by atoms with E-state index >= 15 is 0 Å². The van der Waals surface area contributed by atoms with Crippen molar-refractivity contribution in [2.75, 3.05) is 0 Å². The summed E-state index contributed by atoms with van der Waals surface area (Å²) in [5, 5.41) is 0. The highest BCUT2D eigenvalue weighted by molar-refractivity contribution is 5.35. The third-order valence-corrected chi connectivity index (χ3v) is 4.59. The first-order chi connectivity index (χ1) is 13.7. The van der Waals surface area contributed by atoms with Crippen molar-refractivity contribution in [1.29, 1.82) is 0 Å². The predicted octanol–water partition coefficient (Wildman–Crippen LogP) is 2.30. The Kier molecular flexibility index (Phi) is 4.78. The van der Waals surface area contributed by atoms with Crippen molar-refractivity contribution in [3.05, 3.63) is 117 Å². The molecule has 140 valence electrons. The average Bonchev–Trinajstić information content (AvgIpc) is 3.00. The fraction of sp³-hybridized carbons (Fsp3) is 0.0909. The fourth-order valence-electron chi connectivity index (χ4n) is 3.24. The second kappa shape index (κ2) is 7.54. The minimum Gasteiger partial charge on any atom is -0.326 e. The molecule has 2 N–H and O–H groups in total. The minimum absolute atomic E-state index is 0.179. The van der Waals surface area contributed by atoms with Crippen LogP contribution in [0.15, 0.2) is 94.5 Å². The fourth-order valence-corrected chi connectivity index (χ4v) is 3.24. The first kappa shape index (κ1) is 17.8. The number of hydrogen-bond donors (Lipinski definition) is 1. The van der Waals surface area contributed by atoms with E-state index in [9.17, 15) is 9.59 Å². The Balaban J connectivity index is 1.92. The lowest BCUT2D eigenvalue weighted by Gasteiger charge is -2.08. The van der Waals surface area contributed by atoms with Gasteiger partial charge in [-0.3, -0.25) is 0 Å². The summed E-state index contributed by atoms with van der Waals surface area (Å²) in [4.78, 5) is 26.4. The topological polar surface area (TPSA) is 74.9 Å². The van der Waals surface area contributed by atoms with E-state index in [1.165, 1.54) is 13.9 Å². The summed E-state index contributed by atoms with van der Waals surface area (Å²) >= 11 is 0. The molecule has 0 aliphatic carbocycles. The third kappa shape index (κ3) is 3.21. The van der Waals surface area contributed by atoms with Crippen molar-refractivity contribution in [2.45, 2.75) is 13.1 Å². The maximum atomic E-state index is 13.2. The summed E-state index contributed by atoms with van der Waals surface area (Å²) in [5.41, 5.74) is 8.00. The first-order valence-electron chi connectivity index (χ1n) is 9.02. The van der Waals surface area contributed by atoms with Gasteiger partial charge in [-0.1, -0.05) is 60.7 Å². The normalized spacial score (nSPS) is 10.9. The van der Waals surface area contributed by atoms with Crippen molar-refractivity contribution < 1.29 is 0 Å². The first-order valence-corrected chi connectivity index (χ1v) is 9.02. The minimum atomic E-state index is -0.391. The molecule has 0 atom stereocenters. The van der Waals surface area contributed by atoms with Gasteiger partial charge in [0, 0.05) is 6.54 Å². The number of para-hydroxylation sites is 2. The van der Waals surface area contributed by atoms with Crippen molar-refractivity contribution in [2.24, 2.45) is 5.73 Å². The summed E-state index contributed by atoms with van der Waals surface area (Å²) in [6, 6.07) is 25.9. The smallest absolute Gasteiger partial charge is 0.326 e. The Morgan fingerprint density at radius 3 is 1.64 bits per heavy atom. The van der Waals surface area contributed by atoms with Gasteiger partial charge in [0.15, 0.2) is 0 Å². The van der Waals surface area contributed by atoms with E-state index in [0.717, 1.165) is 11.1 Å². The van der Waals surface area contributed by atoms with Crippen LogP contribution in [0.3, 0.4) is 0 Å². The maximum Gasteiger partial charge on any atom is 0.352 e. The maximum absolute atomic E-state index is 13.2. The molecule has 3 aromatic carbocycles. The van der Waals surface area contributed by atoms with Gasteiger partial charge in [-0.15, -0.1) is 0 Å². The van der Waals surface area contributed by atoms with Gasteiger partial charge in [-0.2, -0.15) is 9.36 Å². The molecular weight excluding hydrogens is 352 g/mol. The molecule has 4 rings (SSSR count). The lowest BCUT2D eigenvalue weighted by atomic mass is 10.1. The summed E-state index contributed by atoms with van der Waals surface area (Å²) in [6.45, 7) is 0.584. The number of nitrogens with zero attached hydrogens (tertiary/aromatic N) is 3. The van der Waals surface area contributed by atoms with Gasteiger partial charge in [-0.25, -0.2) is 14.2 Å².